The average molecular weight is 446 g/mol. The molecule has 12 heteroatoms. The van der Waals surface area contributed by atoms with Gasteiger partial charge in [-0.3, -0.25) is 4.68 Å². The van der Waals surface area contributed by atoms with Crippen molar-refractivity contribution in [1.29, 1.82) is 0 Å². The van der Waals surface area contributed by atoms with E-state index in [-0.39, 0.29) is 23.6 Å². The van der Waals surface area contributed by atoms with Gasteiger partial charge in [-0.2, -0.15) is 13.9 Å². The molecule has 3 aromatic heterocycles. The van der Waals surface area contributed by atoms with Crippen LogP contribution in [0.1, 0.15) is 13.8 Å². The van der Waals surface area contributed by atoms with E-state index in [2.05, 4.69) is 30.1 Å². The number of aromatic nitrogens is 5. The van der Waals surface area contributed by atoms with Crippen molar-refractivity contribution in [3.63, 3.8) is 0 Å². The van der Waals surface area contributed by atoms with Gasteiger partial charge in [0.15, 0.2) is 16.9 Å². The zero-order valence-corrected chi connectivity index (χ0v) is 17.4. The summed E-state index contributed by atoms with van der Waals surface area (Å²) >= 11 is 0. The van der Waals surface area contributed by atoms with Gasteiger partial charge in [0.25, 0.3) is 0 Å². The molecule has 0 atom stereocenters. The van der Waals surface area contributed by atoms with E-state index >= 15 is 0 Å². The number of nitrogens with one attached hydrogen (secondary N) is 2. The van der Waals surface area contributed by atoms with Gasteiger partial charge < -0.3 is 24.9 Å². The molecule has 0 radical (unpaired) electrons. The Labute approximate surface area is 180 Å². The predicted molar refractivity (Wildman–Crippen MR) is 111 cm³/mol. The monoisotopic (exact) mass is 446 g/mol. The number of H-pyrrole nitrogens is 1. The summed E-state index contributed by atoms with van der Waals surface area (Å²) in [7, 11) is 1.71. The number of fused-ring (bicyclic) bond motifs is 2. The van der Waals surface area contributed by atoms with E-state index in [4.69, 9.17) is 4.74 Å². The maximum atomic E-state index is 12.6. The molecule has 1 aromatic carbocycles. The van der Waals surface area contributed by atoms with Crippen molar-refractivity contribution in [1.82, 2.24) is 30.0 Å². The highest BCUT2D eigenvalue weighted by molar-refractivity contribution is 5.94. The number of hydrogen-bond acceptors (Lipinski definition) is 7. The van der Waals surface area contributed by atoms with Crippen molar-refractivity contribution in [3.8, 4) is 22.9 Å². The maximum Gasteiger partial charge on any atom is 0.413 e. The molecule has 0 spiro atoms. The molecule has 0 aliphatic heterocycles. The van der Waals surface area contributed by atoms with Crippen LogP contribution in [-0.2, 0) is 7.05 Å². The molecular weight excluding hydrogens is 426 g/mol. The summed E-state index contributed by atoms with van der Waals surface area (Å²) in [6.45, 7) is 0.0496. The number of carbonyl (C=O) groups is 1. The summed E-state index contributed by atoms with van der Waals surface area (Å²) in [5.41, 5.74) is 1.20. The Morgan fingerprint density at radius 1 is 1.38 bits per heavy atom. The number of nitrogens with zero attached hydrogens (tertiary/aromatic N) is 4. The van der Waals surface area contributed by atoms with E-state index in [0.29, 0.717) is 27.9 Å². The molecule has 0 fully saturated rings. The second-order valence-electron chi connectivity index (χ2n) is 7.69. The molecule has 0 saturated carbocycles. The SMILES string of the molecule is Cn1nc(-c2cnc3[nH]cc(OC(=O)NC(C)(C)CO)c3n2)c2cc(OC(F)F)ccc21. The average Bonchev–Trinajstić information content (AvgIpc) is 3.27. The fraction of sp³-hybridized carbons (Fsp3) is 0.300. The van der Waals surface area contributed by atoms with Crippen LogP contribution in [0.5, 0.6) is 11.5 Å². The topological polar surface area (TPSA) is 127 Å². The normalized spacial score (nSPS) is 12.0. The van der Waals surface area contributed by atoms with E-state index in [0.717, 1.165) is 0 Å². The molecule has 3 N–H and O–H groups in total. The number of aromatic amines is 1. The van der Waals surface area contributed by atoms with Crippen molar-refractivity contribution in [3.05, 3.63) is 30.6 Å². The molecule has 0 aliphatic carbocycles. The van der Waals surface area contributed by atoms with Crippen LogP contribution in [0.4, 0.5) is 13.6 Å². The van der Waals surface area contributed by atoms with Gasteiger partial charge in [0.2, 0.25) is 0 Å². The summed E-state index contributed by atoms with van der Waals surface area (Å²) in [6.07, 6.45) is 2.14. The lowest BCUT2D eigenvalue weighted by Gasteiger charge is -2.22. The van der Waals surface area contributed by atoms with E-state index in [9.17, 15) is 18.7 Å². The summed E-state index contributed by atoms with van der Waals surface area (Å²) in [5, 5.41) is 16.8. The standard InChI is InChI=1S/C20H20F2N6O4/c1-20(2,9-29)26-19(30)32-14-8-24-17-16(14)25-12(7-23-17)15-11-6-10(31-18(21)22)4-5-13(11)28(3)27-15/h4-8,18,29H,9H2,1-3H3,(H,23,24)(H,26,30). The van der Waals surface area contributed by atoms with Crippen molar-refractivity contribution < 1.29 is 28.2 Å². The van der Waals surface area contributed by atoms with Crippen LogP contribution in [0.3, 0.4) is 0 Å². The zero-order valence-electron chi connectivity index (χ0n) is 17.4. The molecule has 0 unspecified atom stereocenters. The summed E-state index contributed by atoms with van der Waals surface area (Å²) < 4.78 is 36.7. The number of halogens is 2. The van der Waals surface area contributed by atoms with Crippen LogP contribution in [0.15, 0.2) is 30.6 Å². The molecule has 10 nitrogen and oxygen atoms in total. The van der Waals surface area contributed by atoms with Crippen LogP contribution in [0, 0.1) is 0 Å². The quantitative estimate of drug-likeness (QED) is 0.416. The predicted octanol–water partition coefficient (Wildman–Crippen LogP) is 2.97. The zero-order chi connectivity index (χ0) is 23.0. The van der Waals surface area contributed by atoms with Gasteiger partial charge in [-0.05, 0) is 32.0 Å². The fourth-order valence-electron chi connectivity index (χ4n) is 3.11. The van der Waals surface area contributed by atoms with Crippen LogP contribution in [-0.4, -0.2) is 54.7 Å². The van der Waals surface area contributed by atoms with Gasteiger partial charge in [-0.25, -0.2) is 14.8 Å². The summed E-state index contributed by atoms with van der Waals surface area (Å²) in [4.78, 5) is 23.9. The molecule has 4 rings (SSSR count). The van der Waals surface area contributed by atoms with Crippen LogP contribution < -0.4 is 14.8 Å². The van der Waals surface area contributed by atoms with Crippen LogP contribution in [0.25, 0.3) is 33.5 Å². The van der Waals surface area contributed by atoms with Gasteiger partial charge in [-0.1, -0.05) is 0 Å². The minimum atomic E-state index is -2.95. The molecule has 3 heterocycles. The molecule has 0 bridgehead atoms. The van der Waals surface area contributed by atoms with E-state index in [1.54, 1.807) is 31.6 Å². The van der Waals surface area contributed by atoms with Crippen molar-refractivity contribution in [2.75, 3.05) is 6.61 Å². The molecule has 1 amide bonds. The van der Waals surface area contributed by atoms with E-state index in [1.807, 2.05) is 0 Å². The van der Waals surface area contributed by atoms with Crippen molar-refractivity contribution >= 4 is 28.2 Å². The number of aliphatic hydroxyl groups excluding tert-OH is 1. The van der Waals surface area contributed by atoms with Gasteiger partial charge in [-0.15, -0.1) is 0 Å². The van der Waals surface area contributed by atoms with E-state index < -0.39 is 18.2 Å². The fourth-order valence-corrected chi connectivity index (χ4v) is 3.11. The number of rotatable bonds is 6. The Balaban J connectivity index is 1.72. The maximum absolute atomic E-state index is 12.6. The number of benzene rings is 1. The highest BCUT2D eigenvalue weighted by atomic mass is 19.3. The molecule has 32 heavy (non-hydrogen) atoms. The summed E-state index contributed by atoms with van der Waals surface area (Å²) in [6, 6.07) is 4.50. The molecule has 4 aromatic rings. The van der Waals surface area contributed by atoms with Gasteiger partial charge in [0.05, 0.1) is 23.9 Å². The third-order valence-corrected chi connectivity index (χ3v) is 4.67. The third kappa shape index (κ3) is 4.17. The first-order valence-electron chi connectivity index (χ1n) is 9.54. The first-order chi connectivity index (χ1) is 15.2. The van der Waals surface area contributed by atoms with Crippen molar-refractivity contribution in [2.24, 2.45) is 7.05 Å². The first-order valence-corrected chi connectivity index (χ1v) is 9.54. The summed E-state index contributed by atoms with van der Waals surface area (Å²) in [5.74, 6) is 0.118. The molecule has 168 valence electrons. The minimum absolute atomic E-state index is 0.00961. The largest absolute Gasteiger partial charge is 0.435 e. The molecule has 0 saturated heterocycles. The van der Waals surface area contributed by atoms with Gasteiger partial charge >= 0.3 is 12.7 Å². The number of alkyl halides is 2. The number of carbonyl (C=O) groups excluding carboxylic acids is 1. The first kappa shape index (κ1) is 21.4. The lowest BCUT2D eigenvalue weighted by Crippen LogP contribution is -2.47. The second-order valence-corrected chi connectivity index (χ2v) is 7.69. The minimum Gasteiger partial charge on any atom is -0.435 e. The Kier molecular flexibility index (Phi) is 5.38. The van der Waals surface area contributed by atoms with E-state index in [1.165, 1.54) is 24.5 Å². The number of hydrogen-bond donors (Lipinski definition) is 3. The van der Waals surface area contributed by atoms with Crippen molar-refractivity contribution in [2.45, 2.75) is 26.0 Å². The molecule has 0 aliphatic rings. The second kappa shape index (κ2) is 8.04. The van der Waals surface area contributed by atoms with Crippen LogP contribution >= 0.6 is 0 Å². The van der Waals surface area contributed by atoms with Crippen LogP contribution in [0.2, 0.25) is 0 Å². The molecular formula is C20H20F2N6O4. The Morgan fingerprint density at radius 3 is 2.88 bits per heavy atom. The lowest BCUT2D eigenvalue weighted by molar-refractivity contribution is -0.0497. The number of amides is 1. The Hall–Kier alpha value is -3.80. The van der Waals surface area contributed by atoms with Gasteiger partial charge in [0.1, 0.15) is 17.1 Å². The highest BCUT2D eigenvalue weighted by Gasteiger charge is 2.22. The number of ether oxygens (including phenoxy) is 2. The highest BCUT2D eigenvalue weighted by Crippen LogP contribution is 2.32. The Morgan fingerprint density at radius 2 is 2.16 bits per heavy atom. The van der Waals surface area contributed by atoms with Gasteiger partial charge in [0, 0.05) is 18.6 Å². The number of aryl methyl sites for hydroxylation is 1. The number of aliphatic hydroxyl groups is 1. The third-order valence-electron chi connectivity index (χ3n) is 4.67. The Bertz CT molecular complexity index is 1300. The smallest absolute Gasteiger partial charge is 0.413 e. The lowest BCUT2D eigenvalue weighted by atomic mass is 10.1.